The van der Waals surface area contributed by atoms with Gasteiger partial charge in [-0.1, -0.05) is 48.2 Å². The molecule has 0 aliphatic rings. The second kappa shape index (κ2) is 8.97. The van der Waals surface area contributed by atoms with E-state index in [4.69, 9.17) is 4.42 Å². The number of aryl methyl sites for hydroxylation is 1. The van der Waals surface area contributed by atoms with Gasteiger partial charge in [0.2, 0.25) is 10.6 Å². The monoisotopic (exact) mass is 436 g/mol. The molecule has 4 aromatic rings. The number of hydrogen-bond acceptors (Lipinski definition) is 8. The molecule has 4 rings (SSSR count). The highest BCUT2D eigenvalue weighted by Gasteiger charge is 2.17. The Kier molecular flexibility index (Phi) is 5.94. The number of nitrogens with zero attached hydrogens (tertiary/aromatic N) is 3. The van der Waals surface area contributed by atoms with Crippen molar-refractivity contribution in [1.29, 1.82) is 0 Å². The SMILES string of the molecule is Cc1ccccc1-c1nnc(SCc2cc(=O)c(O)co2)n1NCc1ccc(O)cc1. The summed E-state index contributed by atoms with van der Waals surface area (Å²) in [5.41, 5.74) is 5.82. The standard InChI is InChI=1S/C22H20N4O4S/c1-14-4-2-3-5-18(14)21-24-25-22(31-13-17-10-19(28)20(29)12-30-17)26(21)23-11-15-6-8-16(27)9-7-15/h2-10,12,23,27,29H,11,13H2,1H3. The molecule has 0 saturated heterocycles. The van der Waals surface area contributed by atoms with Crippen LogP contribution in [0.1, 0.15) is 16.9 Å². The highest BCUT2D eigenvalue weighted by atomic mass is 32.2. The maximum Gasteiger partial charge on any atom is 0.226 e. The van der Waals surface area contributed by atoms with Crippen LogP contribution in [0, 0.1) is 6.92 Å². The third-order valence-corrected chi connectivity index (χ3v) is 5.56. The summed E-state index contributed by atoms with van der Waals surface area (Å²) in [4.78, 5) is 11.6. The summed E-state index contributed by atoms with van der Waals surface area (Å²) in [6.45, 7) is 2.49. The molecule has 31 heavy (non-hydrogen) atoms. The van der Waals surface area contributed by atoms with Crippen LogP contribution < -0.4 is 10.9 Å². The fourth-order valence-electron chi connectivity index (χ4n) is 2.94. The average molecular weight is 436 g/mol. The van der Waals surface area contributed by atoms with Crippen molar-refractivity contribution in [3.8, 4) is 22.9 Å². The predicted molar refractivity (Wildman–Crippen MR) is 118 cm³/mol. The number of benzene rings is 2. The number of hydrogen-bond donors (Lipinski definition) is 3. The maximum atomic E-state index is 11.6. The highest BCUT2D eigenvalue weighted by molar-refractivity contribution is 7.98. The van der Waals surface area contributed by atoms with Crippen LogP contribution in [0.3, 0.4) is 0 Å². The van der Waals surface area contributed by atoms with Gasteiger partial charge in [0.25, 0.3) is 0 Å². The quantitative estimate of drug-likeness (QED) is 0.376. The first-order valence-corrected chi connectivity index (χ1v) is 10.5. The fourth-order valence-corrected chi connectivity index (χ4v) is 3.74. The third-order valence-electron chi connectivity index (χ3n) is 4.61. The molecule has 0 atom stereocenters. The van der Waals surface area contributed by atoms with Gasteiger partial charge < -0.3 is 20.1 Å². The van der Waals surface area contributed by atoms with Gasteiger partial charge in [0.15, 0.2) is 11.6 Å². The lowest BCUT2D eigenvalue weighted by Gasteiger charge is -2.14. The minimum absolute atomic E-state index is 0.209. The van der Waals surface area contributed by atoms with Gasteiger partial charge in [0.1, 0.15) is 17.8 Å². The molecular weight excluding hydrogens is 416 g/mol. The van der Waals surface area contributed by atoms with E-state index in [1.165, 1.54) is 17.8 Å². The molecule has 0 aliphatic carbocycles. The van der Waals surface area contributed by atoms with Crippen LogP contribution in [0.15, 0.2) is 75.2 Å². The Balaban J connectivity index is 1.62. The minimum atomic E-state index is -0.491. The van der Waals surface area contributed by atoms with Gasteiger partial charge in [-0.15, -0.1) is 10.2 Å². The summed E-state index contributed by atoms with van der Waals surface area (Å²) in [7, 11) is 0. The lowest BCUT2D eigenvalue weighted by atomic mass is 10.1. The van der Waals surface area contributed by atoms with Crippen molar-refractivity contribution in [3.05, 3.63) is 88.0 Å². The Morgan fingerprint density at radius 2 is 1.87 bits per heavy atom. The Morgan fingerprint density at radius 3 is 2.61 bits per heavy atom. The zero-order valence-corrected chi connectivity index (χ0v) is 17.5. The smallest absolute Gasteiger partial charge is 0.226 e. The van der Waals surface area contributed by atoms with Crippen LogP contribution in [-0.2, 0) is 12.3 Å². The largest absolute Gasteiger partial charge is 0.508 e. The minimum Gasteiger partial charge on any atom is -0.508 e. The molecule has 0 spiro atoms. The lowest BCUT2D eigenvalue weighted by molar-refractivity contribution is 0.419. The summed E-state index contributed by atoms with van der Waals surface area (Å²) in [5, 5.41) is 28.1. The van der Waals surface area contributed by atoms with Gasteiger partial charge in [-0.05, 0) is 30.2 Å². The molecule has 2 heterocycles. The first-order chi connectivity index (χ1) is 15.0. The molecule has 0 saturated carbocycles. The summed E-state index contributed by atoms with van der Waals surface area (Å²) in [5.74, 6) is 1.20. The van der Waals surface area contributed by atoms with E-state index in [1.807, 2.05) is 43.3 Å². The van der Waals surface area contributed by atoms with Gasteiger partial charge in [0.05, 0.1) is 12.3 Å². The molecule has 8 nitrogen and oxygen atoms in total. The number of phenols is 1. The molecule has 0 unspecified atom stereocenters. The summed E-state index contributed by atoms with van der Waals surface area (Å²) in [6.07, 6.45) is 1.03. The van der Waals surface area contributed by atoms with Crippen LogP contribution in [0.2, 0.25) is 0 Å². The van der Waals surface area contributed by atoms with E-state index in [1.54, 1.807) is 16.8 Å². The maximum absolute atomic E-state index is 11.6. The topological polar surface area (TPSA) is 113 Å². The number of thioether (sulfide) groups is 1. The van der Waals surface area contributed by atoms with Crippen molar-refractivity contribution in [3.63, 3.8) is 0 Å². The molecule has 0 amide bonds. The molecule has 2 aromatic carbocycles. The molecule has 158 valence electrons. The van der Waals surface area contributed by atoms with Gasteiger partial charge in [0, 0.05) is 11.6 Å². The Labute approximate surface area is 182 Å². The second-order valence-electron chi connectivity index (χ2n) is 6.84. The first kappa shape index (κ1) is 20.5. The number of aromatic nitrogens is 3. The first-order valence-electron chi connectivity index (χ1n) is 9.48. The summed E-state index contributed by atoms with van der Waals surface area (Å²) < 4.78 is 7.08. The second-order valence-corrected chi connectivity index (χ2v) is 7.78. The number of nitrogens with one attached hydrogen (secondary N) is 1. The Bertz CT molecular complexity index is 1250. The molecule has 3 N–H and O–H groups in total. The van der Waals surface area contributed by atoms with Crippen molar-refractivity contribution >= 4 is 11.8 Å². The van der Waals surface area contributed by atoms with E-state index >= 15 is 0 Å². The van der Waals surface area contributed by atoms with Gasteiger partial charge >= 0.3 is 0 Å². The van der Waals surface area contributed by atoms with Crippen LogP contribution in [0.25, 0.3) is 11.4 Å². The van der Waals surface area contributed by atoms with Crippen molar-refractivity contribution < 1.29 is 14.6 Å². The van der Waals surface area contributed by atoms with Gasteiger partial charge in [-0.2, -0.15) is 0 Å². The van der Waals surface area contributed by atoms with E-state index in [9.17, 15) is 15.0 Å². The predicted octanol–water partition coefficient (Wildman–Crippen LogP) is 3.65. The molecule has 0 aliphatic heterocycles. The van der Waals surface area contributed by atoms with Crippen LogP contribution in [0.4, 0.5) is 0 Å². The van der Waals surface area contributed by atoms with E-state index in [-0.39, 0.29) is 5.75 Å². The van der Waals surface area contributed by atoms with Crippen molar-refractivity contribution in [1.82, 2.24) is 14.9 Å². The molecule has 9 heteroatoms. The number of aromatic hydroxyl groups is 2. The highest BCUT2D eigenvalue weighted by Crippen LogP contribution is 2.27. The zero-order chi connectivity index (χ0) is 21.8. The van der Waals surface area contributed by atoms with Crippen LogP contribution in [0.5, 0.6) is 11.5 Å². The Morgan fingerprint density at radius 1 is 1.10 bits per heavy atom. The van der Waals surface area contributed by atoms with Crippen molar-refractivity contribution in [2.75, 3.05) is 5.43 Å². The fraction of sp³-hybridized carbons (Fsp3) is 0.136. The zero-order valence-electron chi connectivity index (χ0n) is 16.6. The molecular formula is C22H20N4O4S. The van der Waals surface area contributed by atoms with Crippen LogP contribution >= 0.6 is 11.8 Å². The Hall–Kier alpha value is -3.72. The molecule has 0 fully saturated rings. The normalized spacial score (nSPS) is 10.9. The number of rotatable bonds is 7. The van der Waals surface area contributed by atoms with E-state index in [0.29, 0.717) is 29.0 Å². The lowest BCUT2D eigenvalue weighted by Crippen LogP contribution is -2.17. The van der Waals surface area contributed by atoms with Crippen LogP contribution in [-0.4, -0.2) is 25.1 Å². The molecule has 2 aromatic heterocycles. The van der Waals surface area contributed by atoms with Gasteiger partial charge in [-0.25, -0.2) is 4.68 Å². The summed E-state index contributed by atoms with van der Waals surface area (Å²) in [6, 6.07) is 16.1. The molecule has 0 radical (unpaired) electrons. The molecule has 0 bridgehead atoms. The van der Waals surface area contributed by atoms with E-state index < -0.39 is 11.2 Å². The van der Waals surface area contributed by atoms with E-state index in [0.717, 1.165) is 23.0 Å². The average Bonchev–Trinajstić information content (AvgIpc) is 3.17. The van der Waals surface area contributed by atoms with Crippen molar-refractivity contribution in [2.45, 2.75) is 24.4 Å². The third kappa shape index (κ3) is 4.72. The number of phenolic OH excluding ortho intramolecular Hbond substituents is 1. The van der Waals surface area contributed by atoms with E-state index in [2.05, 4.69) is 15.6 Å². The van der Waals surface area contributed by atoms with Gasteiger partial charge in [-0.3, -0.25) is 4.79 Å². The van der Waals surface area contributed by atoms with Crippen molar-refractivity contribution in [2.24, 2.45) is 0 Å². The summed E-state index contributed by atoms with van der Waals surface area (Å²) >= 11 is 1.35.